The number of rotatable bonds is 4. The average Bonchev–Trinajstić information content (AvgIpc) is 3.66. The van der Waals surface area contributed by atoms with Gasteiger partial charge in [0.25, 0.3) is 0 Å². The molecule has 0 bridgehead atoms. The Morgan fingerprint density at radius 1 is 0.789 bits per heavy atom. The molecule has 2 aromatic heterocycles. The lowest BCUT2D eigenvalue weighted by Crippen LogP contribution is -1.99. The van der Waals surface area contributed by atoms with Gasteiger partial charge in [0.05, 0.1) is 11.2 Å². The van der Waals surface area contributed by atoms with E-state index in [-0.39, 0.29) is 0 Å². The lowest BCUT2D eigenvalue weighted by atomic mass is 9.97. The number of allylic oxidation sites excluding steroid dienone is 5. The molecule has 6 aromatic rings. The molecule has 2 aliphatic rings. The first-order chi connectivity index (χ1) is 18.8. The summed E-state index contributed by atoms with van der Waals surface area (Å²) in [7, 11) is 0. The molecule has 1 nitrogen and oxygen atoms in total. The molecular formula is C36H27NS. The Morgan fingerprint density at radius 2 is 1.71 bits per heavy atom. The zero-order chi connectivity index (χ0) is 25.1. The lowest BCUT2D eigenvalue weighted by molar-refractivity contribution is 0.910. The molecule has 182 valence electrons. The lowest BCUT2D eigenvalue weighted by Gasteiger charge is -2.13. The normalized spacial score (nSPS) is 14.6. The maximum absolute atomic E-state index is 2.49. The Hall–Kier alpha value is -4.14. The Labute approximate surface area is 226 Å². The van der Waals surface area contributed by atoms with Crippen LogP contribution in [0, 0.1) is 0 Å². The van der Waals surface area contributed by atoms with Gasteiger partial charge >= 0.3 is 0 Å². The molecule has 2 aliphatic carbocycles. The van der Waals surface area contributed by atoms with Crippen LogP contribution >= 0.6 is 11.3 Å². The number of nitrogens with zero attached hydrogens (tertiary/aromatic N) is 1. The summed E-state index contributed by atoms with van der Waals surface area (Å²) in [5.41, 5.74) is 10.8. The van der Waals surface area contributed by atoms with Crippen LogP contribution in [-0.4, -0.2) is 4.57 Å². The highest BCUT2D eigenvalue weighted by atomic mass is 32.1. The Morgan fingerprint density at radius 3 is 2.66 bits per heavy atom. The zero-order valence-electron chi connectivity index (χ0n) is 21.2. The summed E-state index contributed by atoms with van der Waals surface area (Å²) in [6.07, 6.45) is 15.7. The second-order valence-electron chi connectivity index (χ2n) is 10.5. The molecule has 0 amide bonds. The Kier molecular flexibility index (Phi) is 5.02. The minimum absolute atomic E-state index is 1.00. The molecule has 0 radical (unpaired) electrons. The minimum Gasteiger partial charge on any atom is -0.310 e. The predicted octanol–water partition coefficient (Wildman–Crippen LogP) is 10.1. The van der Waals surface area contributed by atoms with Gasteiger partial charge in [-0.3, -0.25) is 0 Å². The molecule has 0 spiro atoms. The van der Waals surface area contributed by atoms with Crippen molar-refractivity contribution in [2.75, 3.05) is 0 Å². The van der Waals surface area contributed by atoms with Crippen molar-refractivity contribution in [3.63, 3.8) is 0 Å². The van der Waals surface area contributed by atoms with E-state index < -0.39 is 0 Å². The van der Waals surface area contributed by atoms with E-state index in [1.165, 1.54) is 70.3 Å². The molecule has 2 heterocycles. The summed E-state index contributed by atoms with van der Waals surface area (Å²) in [4.78, 5) is 0. The first-order valence-electron chi connectivity index (χ1n) is 13.5. The fourth-order valence-electron chi connectivity index (χ4n) is 6.34. The number of benzene rings is 4. The van der Waals surface area contributed by atoms with Crippen LogP contribution in [0.25, 0.3) is 54.0 Å². The monoisotopic (exact) mass is 505 g/mol. The molecule has 0 saturated heterocycles. The van der Waals surface area contributed by atoms with Gasteiger partial charge < -0.3 is 4.57 Å². The van der Waals surface area contributed by atoms with Gasteiger partial charge in [-0.2, -0.15) is 0 Å². The van der Waals surface area contributed by atoms with E-state index in [9.17, 15) is 0 Å². The summed E-state index contributed by atoms with van der Waals surface area (Å²) in [5.74, 6) is 0. The molecule has 8 rings (SSSR count). The zero-order valence-corrected chi connectivity index (χ0v) is 22.0. The molecule has 0 N–H and O–H groups in total. The molecule has 2 heteroatoms. The first-order valence-corrected chi connectivity index (χ1v) is 14.3. The third-order valence-electron chi connectivity index (χ3n) is 8.13. The highest BCUT2D eigenvalue weighted by molar-refractivity contribution is 7.26. The number of thiophene rings is 1. The SMILES string of the molecule is C1=CCCC(Cc2cccc(-n3c4c(c5ccc(-c6cccc7c6sc6ccccc67)cc53)CC=C4)c2)=C1. The molecule has 0 unspecified atom stereocenters. The summed E-state index contributed by atoms with van der Waals surface area (Å²) in [5, 5.41) is 4.06. The smallest absolute Gasteiger partial charge is 0.0543 e. The molecule has 0 atom stereocenters. The molecule has 4 aromatic carbocycles. The van der Waals surface area contributed by atoms with E-state index in [0.717, 1.165) is 25.7 Å². The van der Waals surface area contributed by atoms with Crippen molar-refractivity contribution < 1.29 is 0 Å². The fraction of sp³-hybridized carbons (Fsp3) is 0.111. The number of hydrogen-bond donors (Lipinski definition) is 0. The Balaban J connectivity index is 1.30. The largest absolute Gasteiger partial charge is 0.310 e. The van der Waals surface area contributed by atoms with E-state index in [1.807, 2.05) is 11.3 Å². The maximum Gasteiger partial charge on any atom is 0.0543 e. The second kappa shape index (κ2) is 8.72. The van der Waals surface area contributed by atoms with E-state index in [1.54, 1.807) is 0 Å². The van der Waals surface area contributed by atoms with Gasteiger partial charge in [0.15, 0.2) is 0 Å². The van der Waals surface area contributed by atoms with Crippen LogP contribution in [0.3, 0.4) is 0 Å². The van der Waals surface area contributed by atoms with E-state index in [0.29, 0.717) is 0 Å². The molecule has 38 heavy (non-hydrogen) atoms. The van der Waals surface area contributed by atoms with Gasteiger partial charge in [0.1, 0.15) is 0 Å². The summed E-state index contributed by atoms with van der Waals surface area (Å²) in [6.45, 7) is 0. The van der Waals surface area contributed by atoms with Crippen LogP contribution in [0.2, 0.25) is 0 Å². The molecule has 0 fully saturated rings. The highest BCUT2D eigenvalue weighted by Gasteiger charge is 2.20. The number of aromatic nitrogens is 1. The summed E-state index contributed by atoms with van der Waals surface area (Å²) >= 11 is 1.90. The van der Waals surface area contributed by atoms with Crippen molar-refractivity contribution in [2.45, 2.75) is 25.7 Å². The Bertz CT molecular complexity index is 1970. The van der Waals surface area contributed by atoms with Crippen molar-refractivity contribution in [1.29, 1.82) is 0 Å². The number of fused-ring (bicyclic) bond motifs is 6. The van der Waals surface area contributed by atoms with Gasteiger partial charge in [-0.1, -0.05) is 90.5 Å². The van der Waals surface area contributed by atoms with Gasteiger partial charge in [0.2, 0.25) is 0 Å². The average molecular weight is 506 g/mol. The van der Waals surface area contributed by atoms with Gasteiger partial charge in [-0.15, -0.1) is 11.3 Å². The van der Waals surface area contributed by atoms with Crippen LogP contribution in [0.1, 0.15) is 29.7 Å². The van der Waals surface area contributed by atoms with Gasteiger partial charge in [0, 0.05) is 31.2 Å². The van der Waals surface area contributed by atoms with Crippen LogP contribution in [0.15, 0.2) is 115 Å². The van der Waals surface area contributed by atoms with Crippen LogP contribution in [0.4, 0.5) is 0 Å². The van der Waals surface area contributed by atoms with E-state index in [4.69, 9.17) is 0 Å². The maximum atomic E-state index is 2.49. The third-order valence-corrected chi connectivity index (χ3v) is 9.35. The van der Waals surface area contributed by atoms with Crippen molar-refractivity contribution in [2.24, 2.45) is 0 Å². The summed E-state index contributed by atoms with van der Waals surface area (Å²) in [6, 6.07) is 31.8. The van der Waals surface area contributed by atoms with Crippen molar-refractivity contribution >= 4 is 48.5 Å². The second-order valence-corrected chi connectivity index (χ2v) is 11.5. The minimum atomic E-state index is 1.00. The van der Waals surface area contributed by atoms with Crippen LogP contribution in [0.5, 0.6) is 0 Å². The topological polar surface area (TPSA) is 4.93 Å². The molecule has 0 aliphatic heterocycles. The van der Waals surface area contributed by atoms with E-state index >= 15 is 0 Å². The van der Waals surface area contributed by atoms with Crippen molar-refractivity contribution in [3.8, 4) is 16.8 Å². The van der Waals surface area contributed by atoms with Crippen molar-refractivity contribution in [3.05, 3.63) is 132 Å². The quantitative estimate of drug-likeness (QED) is 0.225. The standard InChI is InChI=1S/C36H27NS/c1-2-9-24(10-3-1)21-25-11-6-12-27(22-25)37-33-17-8-15-29(33)30-20-19-26(23-34(30)37)28-14-7-16-32-31-13-4-5-18-35(31)38-36(28)32/h1-2,4-9,11-14,16-20,22-23H,3,10,15,21H2. The summed E-state index contributed by atoms with van der Waals surface area (Å²) < 4.78 is 5.21. The molecular weight excluding hydrogens is 478 g/mol. The van der Waals surface area contributed by atoms with Crippen molar-refractivity contribution in [1.82, 2.24) is 4.57 Å². The van der Waals surface area contributed by atoms with Gasteiger partial charge in [-0.25, -0.2) is 0 Å². The van der Waals surface area contributed by atoms with Crippen LogP contribution < -0.4 is 0 Å². The van der Waals surface area contributed by atoms with Gasteiger partial charge in [-0.05, 0) is 78.3 Å². The first kappa shape index (κ1) is 21.9. The van der Waals surface area contributed by atoms with E-state index in [2.05, 4.69) is 120 Å². The van der Waals surface area contributed by atoms with Crippen LogP contribution in [-0.2, 0) is 12.8 Å². The highest BCUT2D eigenvalue weighted by Crippen LogP contribution is 2.42. The number of hydrogen-bond acceptors (Lipinski definition) is 1. The predicted molar refractivity (Wildman–Crippen MR) is 164 cm³/mol. The molecule has 0 saturated carbocycles. The fourth-order valence-corrected chi connectivity index (χ4v) is 7.58. The third kappa shape index (κ3) is 3.44.